The van der Waals surface area contributed by atoms with Crippen molar-refractivity contribution in [3.63, 3.8) is 0 Å². The van der Waals surface area contributed by atoms with Crippen molar-refractivity contribution in [2.45, 2.75) is 19.6 Å². The first-order chi connectivity index (χ1) is 13.4. The molecular weight excluding hydrogens is 411 g/mol. The molecule has 0 saturated carbocycles. The van der Waals surface area contributed by atoms with Crippen LogP contribution in [0.5, 0.6) is 0 Å². The molecule has 0 saturated heterocycles. The van der Waals surface area contributed by atoms with Crippen LogP contribution >= 0.6 is 23.2 Å². The summed E-state index contributed by atoms with van der Waals surface area (Å²) in [5.41, 5.74) is 1.04. The van der Waals surface area contributed by atoms with Crippen LogP contribution in [0.3, 0.4) is 0 Å². The molecule has 0 spiro atoms. The molecule has 2 aromatic heterocycles. The molecule has 0 atom stereocenters. The third kappa shape index (κ3) is 7.86. The van der Waals surface area contributed by atoms with E-state index in [4.69, 9.17) is 38.5 Å². The summed E-state index contributed by atoms with van der Waals surface area (Å²) in [6.07, 6.45) is 6.50. The number of nitrogens with zero attached hydrogens (tertiary/aromatic N) is 8. The van der Waals surface area contributed by atoms with Crippen LogP contribution in [0, 0.1) is 10.1 Å². The SMILES string of the molecule is Clc1ccc(CN(CCn2cncn2)CCn2cncn2)c(Cl)c1.O=[N+]([O-])O. The minimum atomic E-state index is -1.50. The molecule has 28 heavy (non-hydrogen) atoms. The van der Waals surface area contributed by atoms with Crippen LogP contribution in [-0.2, 0) is 19.6 Å². The van der Waals surface area contributed by atoms with Gasteiger partial charge >= 0.3 is 0 Å². The van der Waals surface area contributed by atoms with Gasteiger partial charge in [0.1, 0.15) is 25.3 Å². The fraction of sp³-hybridized carbons (Fsp3) is 0.333. The number of benzene rings is 1. The zero-order valence-electron chi connectivity index (χ0n) is 14.7. The molecule has 150 valence electrons. The Kier molecular flexibility index (Phi) is 8.59. The van der Waals surface area contributed by atoms with Crippen molar-refractivity contribution in [1.29, 1.82) is 0 Å². The van der Waals surface area contributed by atoms with Crippen molar-refractivity contribution in [3.8, 4) is 0 Å². The van der Waals surface area contributed by atoms with Gasteiger partial charge in [-0.1, -0.05) is 29.3 Å². The molecule has 3 aromatic rings. The van der Waals surface area contributed by atoms with Crippen LogP contribution in [0.4, 0.5) is 0 Å². The number of hydrogen-bond acceptors (Lipinski definition) is 7. The van der Waals surface area contributed by atoms with Crippen LogP contribution in [0.1, 0.15) is 5.56 Å². The predicted octanol–water partition coefficient (Wildman–Crippen LogP) is 2.03. The molecule has 0 amide bonds. The molecular formula is C15H18Cl2N8O3. The van der Waals surface area contributed by atoms with E-state index in [1.807, 2.05) is 21.5 Å². The van der Waals surface area contributed by atoms with Gasteiger partial charge in [0.2, 0.25) is 0 Å². The highest BCUT2D eigenvalue weighted by Gasteiger charge is 2.10. The second kappa shape index (κ2) is 11.2. The summed E-state index contributed by atoms with van der Waals surface area (Å²) >= 11 is 12.3. The molecule has 0 aliphatic rings. The Labute approximate surface area is 170 Å². The Hall–Kier alpha value is -2.76. The molecule has 0 aliphatic carbocycles. The fourth-order valence-corrected chi connectivity index (χ4v) is 2.81. The molecule has 13 heteroatoms. The van der Waals surface area contributed by atoms with Gasteiger partial charge in [-0.25, -0.2) is 9.97 Å². The van der Waals surface area contributed by atoms with Crippen LogP contribution in [0.2, 0.25) is 10.0 Å². The Bertz CT molecular complexity index is 803. The molecule has 1 aromatic carbocycles. The van der Waals surface area contributed by atoms with Crippen molar-refractivity contribution >= 4 is 23.2 Å². The standard InChI is InChI=1S/C15H17Cl2N7.HNO3/c16-14-2-1-13(15(17)7-14)8-22(3-5-23-11-18-9-20-23)4-6-24-12-19-10-21-24;2-1(3)4/h1-2,7,9-12H,3-6,8H2;(H,2,3,4). The number of rotatable bonds is 8. The van der Waals surface area contributed by atoms with Crippen molar-refractivity contribution < 1.29 is 10.3 Å². The van der Waals surface area contributed by atoms with Crippen LogP contribution in [0.15, 0.2) is 43.5 Å². The average molecular weight is 429 g/mol. The predicted molar refractivity (Wildman–Crippen MR) is 101 cm³/mol. The lowest BCUT2D eigenvalue weighted by atomic mass is 10.2. The molecule has 2 heterocycles. The smallest absolute Gasteiger partial charge is 0.291 e. The molecule has 11 nitrogen and oxygen atoms in total. The van der Waals surface area contributed by atoms with Gasteiger partial charge in [0.05, 0.1) is 13.1 Å². The second-order valence-electron chi connectivity index (χ2n) is 5.57. The number of hydrogen-bond donors (Lipinski definition) is 1. The van der Waals surface area contributed by atoms with E-state index in [2.05, 4.69) is 25.1 Å². The van der Waals surface area contributed by atoms with Crippen molar-refractivity contribution in [2.75, 3.05) is 13.1 Å². The van der Waals surface area contributed by atoms with Crippen LogP contribution in [-0.4, -0.2) is 57.8 Å². The summed E-state index contributed by atoms with van der Waals surface area (Å²) < 4.78 is 3.62. The van der Waals surface area contributed by atoms with Crippen LogP contribution < -0.4 is 0 Å². The molecule has 0 radical (unpaired) electrons. The molecule has 0 aliphatic heterocycles. The Morgan fingerprint density at radius 2 is 1.61 bits per heavy atom. The van der Waals surface area contributed by atoms with Gasteiger partial charge in [-0.2, -0.15) is 10.2 Å². The Morgan fingerprint density at radius 3 is 2.04 bits per heavy atom. The minimum absolute atomic E-state index is 0.639. The van der Waals surface area contributed by atoms with E-state index < -0.39 is 5.09 Å². The van der Waals surface area contributed by atoms with E-state index >= 15 is 0 Å². The first kappa shape index (κ1) is 21.5. The Morgan fingerprint density at radius 1 is 1.07 bits per heavy atom. The van der Waals surface area contributed by atoms with E-state index in [1.165, 1.54) is 12.7 Å². The van der Waals surface area contributed by atoms with E-state index in [0.29, 0.717) is 10.0 Å². The highest BCUT2D eigenvalue weighted by Crippen LogP contribution is 2.22. The summed E-state index contributed by atoms with van der Waals surface area (Å²) in [7, 11) is 0. The highest BCUT2D eigenvalue weighted by atomic mass is 35.5. The van der Waals surface area contributed by atoms with Gasteiger partial charge in [-0.05, 0) is 17.7 Å². The summed E-state index contributed by atoms with van der Waals surface area (Å²) in [6, 6.07) is 5.59. The van der Waals surface area contributed by atoms with E-state index in [-0.39, 0.29) is 0 Å². The van der Waals surface area contributed by atoms with Crippen molar-refractivity contribution in [3.05, 3.63) is 69.2 Å². The average Bonchev–Trinajstić information content (AvgIpc) is 3.32. The van der Waals surface area contributed by atoms with Crippen LogP contribution in [0.25, 0.3) is 0 Å². The number of halogens is 2. The van der Waals surface area contributed by atoms with E-state index in [1.54, 1.807) is 18.7 Å². The second-order valence-corrected chi connectivity index (χ2v) is 6.41. The molecule has 0 fully saturated rings. The maximum absolute atomic E-state index is 8.36. The molecule has 0 unspecified atom stereocenters. The van der Waals surface area contributed by atoms with Gasteiger partial charge in [0.15, 0.2) is 0 Å². The van der Waals surface area contributed by atoms with Crippen molar-refractivity contribution in [2.24, 2.45) is 0 Å². The first-order valence-electron chi connectivity index (χ1n) is 8.08. The van der Waals surface area contributed by atoms with Gasteiger partial charge in [0, 0.05) is 29.7 Å². The third-order valence-electron chi connectivity index (χ3n) is 3.63. The zero-order chi connectivity index (χ0) is 20.4. The molecule has 1 N–H and O–H groups in total. The quantitative estimate of drug-likeness (QED) is 0.426. The lowest BCUT2D eigenvalue weighted by molar-refractivity contribution is -0.742. The largest absolute Gasteiger partial charge is 0.328 e. The minimum Gasteiger partial charge on any atom is -0.328 e. The maximum Gasteiger partial charge on any atom is 0.291 e. The summed E-state index contributed by atoms with van der Waals surface area (Å²) in [5, 5.41) is 23.2. The van der Waals surface area contributed by atoms with Gasteiger partial charge in [0.25, 0.3) is 5.09 Å². The lowest BCUT2D eigenvalue weighted by Crippen LogP contribution is -2.31. The normalized spacial score (nSPS) is 10.5. The molecule has 0 bridgehead atoms. The van der Waals surface area contributed by atoms with Crippen molar-refractivity contribution in [1.82, 2.24) is 34.4 Å². The highest BCUT2D eigenvalue weighted by molar-refractivity contribution is 6.35. The van der Waals surface area contributed by atoms with Gasteiger partial charge < -0.3 is 5.21 Å². The topological polar surface area (TPSA) is 128 Å². The summed E-state index contributed by atoms with van der Waals surface area (Å²) in [4.78, 5) is 18.6. The van der Waals surface area contributed by atoms with Gasteiger partial charge in [-0.3, -0.25) is 14.3 Å². The third-order valence-corrected chi connectivity index (χ3v) is 4.22. The fourth-order valence-electron chi connectivity index (χ4n) is 2.34. The monoisotopic (exact) mass is 428 g/mol. The number of aromatic nitrogens is 6. The summed E-state index contributed by atoms with van der Waals surface area (Å²) in [6.45, 7) is 3.86. The molecule has 3 rings (SSSR count). The van der Waals surface area contributed by atoms with E-state index in [9.17, 15) is 0 Å². The summed E-state index contributed by atoms with van der Waals surface area (Å²) in [5.74, 6) is 0. The van der Waals surface area contributed by atoms with E-state index in [0.717, 1.165) is 38.3 Å². The lowest BCUT2D eigenvalue weighted by Gasteiger charge is -2.23. The Balaban J connectivity index is 0.000000640. The van der Waals surface area contributed by atoms with Gasteiger partial charge in [-0.15, -0.1) is 10.1 Å². The maximum atomic E-state index is 8.36. The first-order valence-corrected chi connectivity index (χ1v) is 8.84. The zero-order valence-corrected chi connectivity index (χ0v) is 16.2.